The summed E-state index contributed by atoms with van der Waals surface area (Å²) in [6, 6.07) is 27.1. The normalized spacial score (nSPS) is 11.7. The fourth-order valence-corrected chi connectivity index (χ4v) is 4.62. The van der Waals surface area contributed by atoms with Gasteiger partial charge in [0.25, 0.3) is 0 Å². The zero-order valence-corrected chi connectivity index (χ0v) is 19.5. The minimum absolute atomic E-state index is 0.148. The highest BCUT2D eigenvalue weighted by Gasteiger charge is 2.26. The fraction of sp³-hybridized carbons (Fsp3) is 0.192. The lowest BCUT2D eigenvalue weighted by Crippen LogP contribution is -2.20. The van der Waals surface area contributed by atoms with E-state index in [1.165, 1.54) is 11.8 Å². The molecule has 168 valence electrons. The Morgan fingerprint density at radius 1 is 0.939 bits per heavy atom. The zero-order chi connectivity index (χ0) is 23.0. The highest BCUT2D eigenvalue weighted by atomic mass is 32.2. The molecule has 7 heteroatoms. The van der Waals surface area contributed by atoms with Crippen molar-refractivity contribution in [2.75, 3.05) is 11.9 Å². The SMILES string of the molecule is CCOc1ccccc1NC(=O)C(Sc1nnc(-c2ccccc2)n1CC)c1ccccc1. The van der Waals surface area contributed by atoms with Crippen LogP contribution in [0.1, 0.15) is 24.7 Å². The molecular formula is C26H26N4O2S. The summed E-state index contributed by atoms with van der Waals surface area (Å²) in [4.78, 5) is 13.5. The molecule has 1 atom stereocenters. The van der Waals surface area contributed by atoms with Gasteiger partial charge in [0.1, 0.15) is 11.0 Å². The molecule has 1 amide bonds. The van der Waals surface area contributed by atoms with Crippen molar-refractivity contribution in [3.8, 4) is 17.1 Å². The smallest absolute Gasteiger partial charge is 0.242 e. The van der Waals surface area contributed by atoms with E-state index in [0.717, 1.165) is 17.0 Å². The lowest BCUT2D eigenvalue weighted by molar-refractivity contribution is -0.115. The molecule has 0 aliphatic carbocycles. The molecule has 1 N–H and O–H groups in total. The van der Waals surface area contributed by atoms with Gasteiger partial charge in [0, 0.05) is 12.1 Å². The topological polar surface area (TPSA) is 69.0 Å². The van der Waals surface area contributed by atoms with Gasteiger partial charge in [0.2, 0.25) is 5.91 Å². The highest BCUT2D eigenvalue weighted by Crippen LogP contribution is 2.37. The summed E-state index contributed by atoms with van der Waals surface area (Å²) in [6.45, 7) is 5.18. The third kappa shape index (κ3) is 5.26. The number of aromatic nitrogens is 3. The number of thioether (sulfide) groups is 1. The number of amides is 1. The number of anilines is 1. The van der Waals surface area contributed by atoms with Gasteiger partial charge < -0.3 is 14.6 Å². The lowest BCUT2D eigenvalue weighted by atomic mass is 10.1. The molecule has 0 saturated heterocycles. The van der Waals surface area contributed by atoms with Crippen molar-refractivity contribution >= 4 is 23.4 Å². The molecule has 0 saturated carbocycles. The van der Waals surface area contributed by atoms with E-state index in [0.29, 0.717) is 29.7 Å². The van der Waals surface area contributed by atoms with E-state index < -0.39 is 5.25 Å². The average molecular weight is 459 g/mol. The number of benzene rings is 3. The first kappa shape index (κ1) is 22.6. The van der Waals surface area contributed by atoms with Crippen molar-refractivity contribution < 1.29 is 9.53 Å². The largest absolute Gasteiger partial charge is 0.492 e. The van der Waals surface area contributed by atoms with Crippen LogP contribution in [0.3, 0.4) is 0 Å². The predicted octanol–water partition coefficient (Wildman–Crippen LogP) is 5.84. The van der Waals surface area contributed by atoms with Gasteiger partial charge in [0.05, 0.1) is 12.3 Å². The van der Waals surface area contributed by atoms with E-state index in [2.05, 4.69) is 22.4 Å². The van der Waals surface area contributed by atoms with Gasteiger partial charge >= 0.3 is 0 Å². The van der Waals surface area contributed by atoms with Crippen molar-refractivity contribution in [1.29, 1.82) is 0 Å². The average Bonchev–Trinajstić information content (AvgIpc) is 3.27. The Bertz CT molecular complexity index is 1200. The van der Waals surface area contributed by atoms with E-state index in [4.69, 9.17) is 4.74 Å². The molecule has 6 nitrogen and oxygen atoms in total. The highest BCUT2D eigenvalue weighted by molar-refractivity contribution is 8.00. The monoisotopic (exact) mass is 458 g/mol. The maximum Gasteiger partial charge on any atom is 0.242 e. The summed E-state index contributed by atoms with van der Waals surface area (Å²) in [6.07, 6.45) is 0. The Morgan fingerprint density at radius 2 is 1.61 bits per heavy atom. The Kier molecular flexibility index (Phi) is 7.42. The van der Waals surface area contributed by atoms with E-state index in [-0.39, 0.29) is 5.91 Å². The van der Waals surface area contributed by atoms with Crippen LogP contribution < -0.4 is 10.1 Å². The van der Waals surface area contributed by atoms with E-state index in [1.807, 2.05) is 96.4 Å². The molecular weight excluding hydrogens is 432 g/mol. The number of para-hydroxylation sites is 2. The Balaban J connectivity index is 1.66. The number of rotatable bonds is 9. The molecule has 0 aliphatic heterocycles. The van der Waals surface area contributed by atoms with Gasteiger partial charge in [-0.1, -0.05) is 84.6 Å². The number of hydrogen-bond donors (Lipinski definition) is 1. The first-order valence-electron chi connectivity index (χ1n) is 10.9. The van der Waals surface area contributed by atoms with E-state index in [9.17, 15) is 4.79 Å². The number of ether oxygens (including phenoxy) is 1. The Hall–Kier alpha value is -3.58. The molecule has 0 radical (unpaired) electrons. The Morgan fingerprint density at radius 3 is 2.30 bits per heavy atom. The third-order valence-corrected chi connectivity index (χ3v) is 6.31. The fourth-order valence-electron chi connectivity index (χ4n) is 3.52. The first-order chi connectivity index (χ1) is 16.2. The minimum Gasteiger partial charge on any atom is -0.492 e. The summed E-state index contributed by atoms with van der Waals surface area (Å²) in [5.41, 5.74) is 2.53. The summed E-state index contributed by atoms with van der Waals surface area (Å²) in [5.74, 6) is 1.29. The lowest BCUT2D eigenvalue weighted by Gasteiger charge is -2.18. The van der Waals surface area contributed by atoms with Crippen LogP contribution in [-0.4, -0.2) is 27.3 Å². The first-order valence-corrected chi connectivity index (χ1v) is 11.8. The van der Waals surface area contributed by atoms with Crippen molar-refractivity contribution in [3.05, 3.63) is 90.5 Å². The predicted molar refractivity (Wildman–Crippen MR) is 132 cm³/mol. The number of carbonyl (C=O) groups excluding carboxylic acids is 1. The number of carbonyl (C=O) groups is 1. The molecule has 33 heavy (non-hydrogen) atoms. The second-order valence-corrected chi connectivity index (χ2v) is 8.32. The van der Waals surface area contributed by atoms with Crippen LogP contribution in [0.25, 0.3) is 11.4 Å². The Labute approximate surface area is 198 Å². The second-order valence-electron chi connectivity index (χ2n) is 7.24. The van der Waals surface area contributed by atoms with Crippen molar-refractivity contribution in [2.24, 2.45) is 0 Å². The van der Waals surface area contributed by atoms with Crippen molar-refractivity contribution in [1.82, 2.24) is 14.8 Å². The maximum absolute atomic E-state index is 13.5. The van der Waals surface area contributed by atoms with Crippen LogP contribution in [0.15, 0.2) is 90.1 Å². The molecule has 1 heterocycles. The summed E-state index contributed by atoms with van der Waals surface area (Å²) in [5, 5.41) is 12.1. The standard InChI is InChI=1S/C26H26N4O2S/c1-3-30-24(20-15-9-6-10-16-20)28-29-26(30)33-23(19-13-7-5-8-14-19)25(31)27-21-17-11-12-18-22(21)32-4-2/h5-18,23H,3-4H2,1-2H3,(H,27,31). The molecule has 0 fully saturated rings. The van der Waals surface area contributed by atoms with Gasteiger partial charge in [0.15, 0.2) is 11.0 Å². The summed E-state index contributed by atoms with van der Waals surface area (Å²) < 4.78 is 7.72. The van der Waals surface area contributed by atoms with Crippen LogP contribution in [-0.2, 0) is 11.3 Å². The van der Waals surface area contributed by atoms with Gasteiger partial charge in [-0.2, -0.15) is 0 Å². The molecule has 4 aromatic rings. The second kappa shape index (κ2) is 10.8. The third-order valence-electron chi connectivity index (χ3n) is 5.07. The van der Waals surface area contributed by atoms with Crippen LogP contribution >= 0.6 is 11.8 Å². The quantitative estimate of drug-likeness (QED) is 0.319. The molecule has 0 aliphatic rings. The van der Waals surface area contributed by atoms with E-state index >= 15 is 0 Å². The van der Waals surface area contributed by atoms with Gasteiger partial charge in [-0.3, -0.25) is 4.79 Å². The van der Waals surface area contributed by atoms with Crippen LogP contribution in [0.5, 0.6) is 5.75 Å². The van der Waals surface area contributed by atoms with Crippen molar-refractivity contribution in [2.45, 2.75) is 30.8 Å². The summed E-state index contributed by atoms with van der Waals surface area (Å²) >= 11 is 1.39. The minimum atomic E-state index is -0.515. The van der Waals surface area contributed by atoms with Gasteiger partial charge in [-0.15, -0.1) is 10.2 Å². The molecule has 1 unspecified atom stereocenters. The molecule has 0 bridgehead atoms. The van der Waals surface area contributed by atoms with Crippen LogP contribution in [0.2, 0.25) is 0 Å². The van der Waals surface area contributed by atoms with Crippen LogP contribution in [0.4, 0.5) is 5.69 Å². The molecule has 3 aromatic carbocycles. The molecule has 0 spiro atoms. The van der Waals surface area contributed by atoms with Gasteiger partial charge in [-0.25, -0.2) is 0 Å². The van der Waals surface area contributed by atoms with Crippen LogP contribution in [0, 0.1) is 0 Å². The molecule has 1 aromatic heterocycles. The van der Waals surface area contributed by atoms with Gasteiger partial charge in [-0.05, 0) is 31.5 Å². The zero-order valence-electron chi connectivity index (χ0n) is 18.6. The number of nitrogens with zero attached hydrogens (tertiary/aromatic N) is 3. The molecule has 4 rings (SSSR count). The van der Waals surface area contributed by atoms with Crippen molar-refractivity contribution in [3.63, 3.8) is 0 Å². The summed E-state index contributed by atoms with van der Waals surface area (Å²) in [7, 11) is 0. The number of nitrogens with one attached hydrogen (secondary N) is 1. The number of hydrogen-bond acceptors (Lipinski definition) is 5. The maximum atomic E-state index is 13.5. The van der Waals surface area contributed by atoms with E-state index in [1.54, 1.807) is 0 Å².